The van der Waals surface area contributed by atoms with E-state index in [-0.39, 0.29) is 16.9 Å². The number of nitrogens with one attached hydrogen (secondary N) is 1. The van der Waals surface area contributed by atoms with Crippen LogP contribution in [0.15, 0.2) is 0 Å². The van der Waals surface area contributed by atoms with Gasteiger partial charge < -0.3 is 16.2 Å². The lowest BCUT2D eigenvalue weighted by Crippen LogP contribution is -2.48. The number of hydrogen-bond donors (Lipinski definition) is 3. The fourth-order valence-corrected chi connectivity index (χ4v) is 2.77. The number of amides is 1. The van der Waals surface area contributed by atoms with Gasteiger partial charge in [0.2, 0.25) is 5.91 Å². The van der Waals surface area contributed by atoms with Gasteiger partial charge in [-0.3, -0.25) is 4.79 Å². The Hall–Kier alpha value is -0.680. The summed E-state index contributed by atoms with van der Waals surface area (Å²) in [5, 5.41) is 12.9. The Kier molecular flexibility index (Phi) is 3.68. The fraction of sp³-hybridized carbons (Fsp3) is 0.833. The Labute approximate surface area is 107 Å². The highest BCUT2D eigenvalue weighted by atomic mass is 32.1. The van der Waals surface area contributed by atoms with Crippen molar-refractivity contribution in [3.63, 3.8) is 0 Å². The molecule has 5 heteroatoms. The molecule has 17 heavy (non-hydrogen) atoms. The van der Waals surface area contributed by atoms with E-state index < -0.39 is 11.5 Å². The topological polar surface area (TPSA) is 75.4 Å². The van der Waals surface area contributed by atoms with Crippen LogP contribution in [0.3, 0.4) is 0 Å². The van der Waals surface area contributed by atoms with E-state index >= 15 is 0 Å². The number of aliphatic hydroxyl groups is 1. The van der Waals surface area contributed by atoms with Crippen molar-refractivity contribution in [1.29, 1.82) is 0 Å². The molecule has 1 amide bonds. The average Bonchev–Trinajstić information content (AvgIpc) is 3.06. The zero-order chi connectivity index (χ0) is 12.5. The van der Waals surface area contributed by atoms with Gasteiger partial charge >= 0.3 is 0 Å². The van der Waals surface area contributed by atoms with Crippen molar-refractivity contribution in [2.45, 2.75) is 57.1 Å². The molecule has 0 spiro atoms. The minimum Gasteiger partial charge on any atom is -0.392 e. The first-order valence-corrected chi connectivity index (χ1v) is 6.76. The van der Waals surface area contributed by atoms with E-state index in [4.69, 9.17) is 18.0 Å². The standard InChI is InChI=1S/C12H20N2O2S/c13-10(17)12(6-7-12)11(16)14-8-4-2-1-3-5-9(8)15/h8-9,15H,1-7H2,(H2,13,17)(H,14,16). The Balaban J connectivity index is 1.95. The summed E-state index contributed by atoms with van der Waals surface area (Å²) in [6.07, 6.45) is 5.91. The molecule has 4 nitrogen and oxygen atoms in total. The number of hydrogen-bond acceptors (Lipinski definition) is 3. The molecule has 2 aliphatic rings. The molecule has 4 N–H and O–H groups in total. The quantitative estimate of drug-likeness (QED) is 0.517. The van der Waals surface area contributed by atoms with E-state index in [9.17, 15) is 9.90 Å². The SMILES string of the molecule is NC(=S)C1(C(=O)NC2CCCCCC2O)CC1. The highest BCUT2D eigenvalue weighted by Gasteiger charge is 2.53. The van der Waals surface area contributed by atoms with Gasteiger partial charge in [0.25, 0.3) is 0 Å². The molecule has 2 aliphatic carbocycles. The van der Waals surface area contributed by atoms with E-state index in [1.807, 2.05) is 0 Å². The summed E-state index contributed by atoms with van der Waals surface area (Å²) in [6, 6.07) is -0.128. The van der Waals surface area contributed by atoms with Gasteiger partial charge in [-0.1, -0.05) is 31.5 Å². The summed E-state index contributed by atoms with van der Waals surface area (Å²) in [4.78, 5) is 12.4. The van der Waals surface area contributed by atoms with Crippen molar-refractivity contribution in [2.24, 2.45) is 11.1 Å². The molecule has 0 saturated heterocycles. The third-order valence-corrected chi connectivity index (χ3v) is 4.34. The van der Waals surface area contributed by atoms with Gasteiger partial charge in [0, 0.05) is 0 Å². The van der Waals surface area contributed by atoms with E-state index in [1.54, 1.807) is 0 Å². The van der Waals surface area contributed by atoms with Crippen LogP contribution in [0.25, 0.3) is 0 Å². The molecule has 0 aliphatic heterocycles. The van der Waals surface area contributed by atoms with E-state index in [2.05, 4.69) is 5.32 Å². The van der Waals surface area contributed by atoms with Gasteiger partial charge in [0.1, 0.15) is 0 Å². The smallest absolute Gasteiger partial charge is 0.233 e. The summed E-state index contributed by atoms with van der Waals surface area (Å²) < 4.78 is 0. The summed E-state index contributed by atoms with van der Waals surface area (Å²) in [6.45, 7) is 0. The second-order valence-electron chi connectivity index (χ2n) is 5.23. The van der Waals surface area contributed by atoms with Gasteiger partial charge in [0.15, 0.2) is 0 Å². The lowest BCUT2D eigenvalue weighted by Gasteiger charge is -2.24. The minimum absolute atomic E-state index is 0.0871. The van der Waals surface area contributed by atoms with Crippen molar-refractivity contribution in [3.05, 3.63) is 0 Å². The molecule has 96 valence electrons. The maximum atomic E-state index is 12.1. The first-order chi connectivity index (χ1) is 8.06. The molecule has 2 saturated carbocycles. The van der Waals surface area contributed by atoms with Crippen LogP contribution in [0.4, 0.5) is 0 Å². The summed E-state index contributed by atoms with van der Waals surface area (Å²) in [5.41, 5.74) is 5.00. The molecule has 2 rings (SSSR count). The van der Waals surface area contributed by atoms with Gasteiger partial charge in [-0.15, -0.1) is 0 Å². The van der Waals surface area contributed by atoms with Gasteiger partial charge in [0.05, 0.1) is 22.5 Å². The van der Waals surface area contributed by atoms with Crippen LogP contribution in [-0.2, 0) is 4.79 Å². The molecule has 0 bridgehead atoms. The molecule has 2 atom stereocenters. The number of rotatable bonds is 3. The Morgan fingerprint density at radius 3 is 2.53 bits per heavy atom. The Morgan fingerprint density at radius 1 is 1.29 bits per heavy atom. The van der Waals surface area contributed by atoms with E-state index in [0.29, 0.717) is 0 Å². The number of carbonyl (C=O) groups is 1. The highest BCUT2D eigenvalue weighted by molar-refractivity contribution is 7.80. The summed E-state index contributed by atoms with van der Waals surface area (Å²) >= 11 is 4.95. The predicted octanol–water partition coefficient (Wildman–Crippen LogP) is 0.862. The normalized spacial score (nSPS) is 31.4. The van der Waals surface area contributed by atoms with Gasteiger partial charge in [-0.25, -0.2) is 0 Å². The van der Waals surface area contributed by atoms with Crippen LogP contribution < -0.4 is 11.1 Å². The minimum atomic E-state index is -0.610. The zero-order valence-corrected chi connectivity index (χ0v) is 10.8. The molecule has 0 aromatic heterocycles. The second-order valence-corrected chi connectivity index (χ2v) is 5.67. The van der Waals surface area contributed by atoms with Crippen molar-refractivity contribution in [3.8, 4) is 0 Å². The lowest BCUT2D eigenvalue weighted by atomic mass is 10.0. The number of carbonyl (C=O) groups excluding carboxylic acids is 1. The van der Waals surface area contributed by atoms with Crippen LogP contribution in [0.2, 0.25) is 0 Å². The average molecular weight is 256 g/mol. The Morgan fingerprint density at radius 2 is 1.94 bits per heavy atom. The number of aliphatic hydroxyl groups excluding tert-OH is 1. The highest BCUT2D eigenvalue weighted by Crippen LogP contribution is 2.46. The lowest BCUT2D eigenvalue weighted by molar-refractivity contribution is -0.125. The van der Waals surface area contributed by atoms with Crippen molar-refractivity contribution in [2.75, 3.05) is 0 Å². The predicted molar refractivity (Wildman–Crippen MR) is 69.5 cm³/mol. The van der Waals surface area contributed by atoms with Gasteiger partial charge in [-0.05, 0) is 25.7 Å². The Bertz CT molecular complexity index is 328. The maximum Gasteiger partial charge on any atom is 0.233 e. The van der Waals surface area contributed by atoms with Crippen LogP contribution in [0.5, 0.6) is 0 Å². The molecule has 0 aromatic rings. The zero-order valence-electron chi connectivity index (χ0n) is 9.95. The van der Waals surface area contributed by atoms with Crippen LogP contribution in [-0.4, -0.2) is 28.1 Å². The number of thiocarbonyl (C=S) groups is 1. The van der Waals surface area contributed by atoms with Crippen molar-refractivity contribution in [1.82, 2.24) is 5.32 Å². The van der Waals surface area contributed by atoms with E-state index in [1.165, 1.54) is 0 Å². The summed E-state index contributed by atoms with van der Waals surface area (Å²) in [7, 11) is 0. The van der Waals surface area contributed by atoms with Gasteiger partial charge in [-0.2, -0.15) is 0 Å². The third-order valence-electron chi connectivity index (χ3n) is 3.95. The first kappa shape index (κ1) is 12.8. The summed E-state index contributed by atoms with van der Waals surface area (Å²) in [5.74, 6) is -0.0871. The monoisotopic (exact) mass is 256 g/mol. The molecule has 0 heterocycles. The third kappa shape index (κ3) is 2.60. The van der Waals surface area contributed by atoms with Crippen LogP contribution >= 0.6 is 12.2 Å². The van der Waals surface area contributed by atoms with Crippen molar-refractivity contribution >= 4 is 23.1 Å². The van der Waals surface area contributed by atoms with E-state index in [0.717, 1.165) is 44.9 Å². The molecular weight excluding hydrogens is 236 g/mol. The second kappa shape index (κ2) is 4.90. The first-order valence-electron chi connectivity index (χ1n) is 6.35. The molecular formula is C12H20N2O2S. The molecule has 0 radical (unpaired) electrons. The number of nitrogens with two attached hydrogens (primary N) is 1. The van der Waals surface area contributed by atoms with Crippen LogP contribution in [0, 0.1) is 5.41 Å². The maximum absolute atomic E-state index is 12.1. The largest absolute Gasteiger partial charge is 0.392 e. The fourth-order valence-electron chi connectivity index (χ4n) is 2.47. The molecule has 0 aromatic carbocycles. The van der Waals surface area contributed by atoms with Crippen LogP contribution in [0.1, 0.15) is 44.9 Å². The van der Waals surface area contributed by atoms with Crippen molar-refractivity contribution < 1.29 is 9.90 Å². The molecule has 2 unspecified atom stereocenters. The molecule has 2 fully saturated rings.